The number of carbonyl (C=O) groups is 1. The Bertz CT molecular complexity index is 630. The van der Waals surface area contributed by atoms with Gasteiger partial charge in [0.2, 0.25) is 5.91 Å². The van der Waals surface area contributed by atoms with E-state index in [0.29, 0.717) is 13.1 Å². The van der Waals surface area contributed by atoms with Crippen LogP contribution in [-0.4, -0.2) is 46.3 Å². The lowest BCUT2D eigenvalue weighted by atomic mass is 10.2. The number of amides is 1. The molecule has 1 aliphatic rings. The first-order valence-corrected chi connectivity index (χ1v) is 9.19. The summed E-state index contributed by atoms with van der Waals surface area (Å²) in [5.41, 5.74) is 1.00. The fourth-order valence-electron chi connectivity index (χ4n) is 2.72. The fourth-order valence-corrected chi connectivity index (χ4v) is 5.01. The summed E-state index contributed by atoms with van der Waals surface area (Å²) >= 11 is 3.20. The second kappa shape index (κ2) is 6.56. The lowest BCUT2D eigenvalue weighted by Crippen LogP contribution is -2.50. The molecule has 1 aliphatic heterocycles. The van der Waals surface area contributed by atoms with Gasteiger partial charge in [0.25, 0.3) is 0 Å². The predicted octanol–water partition coefficient (Wildman–Crippen LogP) is 3.41. The van der Waals surface area contributed by atoms with Crippen LogP contribution in [0, 0.1) is 0 Å². The van der Waals surface area contributed by atoms with E-state index in [9.17, 15) is 4.79 Å². The number of aromatic nitrogens is 1. The summed E-state index contributed by atoms with van der Waals surface area (Å²) in [6.07, 6.45) is 0.208. The standard InChI is InChI=1S/C16H20N2O2S2/c1-10-8-18(9-11(2)20-10)15(19)12(3)21-16-17-13-6-4-5-7-14(13)22-16/h4-7,10-12H,8-9H2,1-3H3/t10-,11-,12-/m1/s1. The van der Waals surface area contributed by atoms with Crippen LogP contribution in [0.15, 0.2) is 28.6 Å². The van der Waals surface area contributed by atoms with E-state index < -0.39 is 0 Å². The first-order chi connectivity index (χ1) is 10.5. The Labute approximate surface area is 138 Å². The molecule has 2 heterocycles. The zero-order valence-corrected chi connectivity index (χ0v) is 14.6. The van der Waals surface area contributed by atoms with Crippen molar-refractivity contribution in [3.05, 3.63) is 24.3 Å². The third-order valence-electron chi connectivity index (χ3n) is 3.63. The third kappa shape index (κ3) is 3.45. The van der Waals surface area contributed by atoms with Crippen molar-refractivity contribution in [2.45, 2.75) is 42.6 Å². The summed E-state index contributed by atoms with van der Waals surface area (Å²) in [5, 5.41) is -0.127. The van der Waals surface area contributed by atoms with Crippen LogP contribution in [0.3, 0.4) is 0 Å². The van der Waals surface area contributed by atoms with Gasteiger partial charge in [0.1, 0.15) is 0 Å². The Hall–Kier alpha value is -1.11. The van der Waals surface area contributed by atoms with E-state index in [1.54, 1.807) is 23.1 Å². The lowest BCUT2D eigenvalue weighted by molar-refractivity contribution is -0.142. The number of carbonyl (C=O) groups excluding carboxylic acids is 1. The van der Waals surface area contributed by atoms with Crippen molar-refractivity contribution in [2.24, 2.45) is 0 Å². The summed E-state index contributed by atoms with van der Waals surface area (Å²) in [6, 6.07) is 8.07. The van der Waals surface area contributed by atoms with Crippen LogP contribution in [0.1, 0.15) is 20.8 Å². The molecule has 2 aromatic rings. The van der Waals surface area contributed by atoms with Gasteiger partial charge in [-0.2, -0.15) is 0 Å². The van der Waals surface area contributed by atoms with Gasteiger partial charge in [-0.05, 0) is 32.9 Å². The Balaban J connectivity index is 1.68. The number of hydrogen-bond donors (Lipinski definition) is 0. The smallest absolute Gasteiger partial charge is 0.236 e. The molecule has 22 heavy (non-hydrogen) atoms. The quantitative estimate of drug-likeness (QED) is 0.806. The molecule has 1 amide bonds. The molecule has 3 rings (SSSR count). The van der Waals surface area contributed by atoms with E-state index in [2.05, 4.69) is 11.1 Å². The summed E-state index contributed by atoms with van der Waals surface area (Å²) in [5.74, 6) is 0.172. The molecule has 0 spiro atoms. The molecule has 0 aliphatic carbocycles. The van der Waals surface area contributed by atoms with Crippen molar-refractivity contribution in [1.29, 1.82) is 0 Å². The normalized spacial score (nSPS) is 23.7. The molecule has 6 heteroatoms. The zero-order valence-electron chi connectivity index (χ0n) is 13.0. The highest BCUT2D eigenvalue weighted by atomic mass is 32.2. The Morgan fingerprint density at radius 2 is 2.05 bits per heavy atom. The van der Waals surface area contributed by atoms with Crippen LogP contribution in [0.2, 0.25) is 0 Å². The van der Waals surface area contributed by atoms with E-state index in [1.165, 1.54) is 4.70 Å². The number of thioether (sulfide) groups is 1. The molecule has 0 saturated carbocycles. The number of para-hydroxylation sites is 1. The lowest BCUT2D eigenvalue weighted by Gasteiger charge is -2.36. The summed E-state index contributed by atoms with van der Waals surface area (Å²) in [4.78, 5) is 19.2. The highest BCUT2D eigenvalue weighted by Crippen LogP contribution is 2.32. The maximum atomic E-state index is 12.6. The van der Waals surface area contributed by atoms with E-state index >= 15 is 0 Å². The van der Waals surface area contributed by atoms with Gasteiger partial charge in [0.05, 0.1) is 27.7 Å². The molecule has 0 bridgehead atoms. The minimum absolute atomic E-state index is 0.104. The predicted molar refractivity (Wildman–Crippen MR) is 91.5 cm³/mol. The first kappa shape index (κ1) is 15.8. The fraction of sp³-hybridized carbons (Fsp3) is 0.500. The van der Waals surface area contributed by atoms with Crippen molar-refractivity contribution < 1.29 is 9.53 Å². The van der Waals surface area contributed by atoms with Gasteiger partial charge >= 0.3 is 0 Å². The van der Waals surface area contributed by atoms with Crippen LogP contribution in [0.4, 0.5) is 0 Å². The van der Waals surface area contributed by atoms with Gasteiger partial charge in [-0.25, -0.2) is 4.98 Å². The van der Waals surface area contributed by atoms with E-state index in [4.69, 9.17) is 4.74 Å². The van der Waals surface area contributed by atoms with Gasteiger partial charge in [0, 0.05) is 13.1 Å². The van der Waals surface area contributed by atoms with Gasteiger partial charge in [0.15, 0.2) is 4.34 Å². The highest BCUT2D eigenvalue weighted by Gasteiger charge is 2.29. The van der Waals surface area contributed by atoms with Crippen molar-refractivity contribution in [3.63, 3.8) is 0 Å². The number of morpholine rings is 1. The Morgan fingerprint density at radius 1 is 1.36 bits per heavy atom. The number of thiazole rings is 1. The van der Waals surface area contributed by atoms with Crippen LogP contribution in [0.5, 0.6) is 0 Å². The second-order valence-electron chi connectivity index (χ2n) is 5.71. The molecule has 0 N–H and O–H groups in total. The summed E-state index contributed by atoms with van der Waals surface area (Å²) in [7, 11) is 0. The number of hydrogen-bond acceptors (Lipinski definition) is 5. The van der Waals surface area contributed by atoms with Crippen LogP contribution >= 0.6 is 23.1 Å². The van der Waals surface area contributed by atoms with Crippen LogP contribution < -0.4 is 0 Å². The molecule has 1 saturated heterocycles. The van der Waals surface area contributed by atoms with Crippen molar-refractivity contribution in [3.8, 4) is 0 Å². The molecule has 3 atom stereocenters. The van der Waals surface area contributed by atoms with E-state index in [1.807, 2.05) is 43.9 Å². The topological polar surface area (TPSA) is 42.4 Å². The van der Waals surface area contributed by atoms with E-state index in [0.717, 1.165) is 9.86 Å². The van der Waals surface area contributed by atoms with Crippen LogP contribution in [-0.2, 0) is 9.53 Å². The molecule has 1 fully saturated rings. The van der Waals surface area contributed by atoms with Crippen LogP contribution in [0.25, 0.3) is 10.2 Å². The number of benzene rings is 1. The SMILES string of the molecule is C[C@@H]1CN(C(=O)[C@@H](C)Sc2nc3ccccc3s2)C[C@@H](C)O1. The van der Waals surface area contributed by atoms with Crippen molar-refractivity contribution in [2.75, 3.05) is 13.1 Å². The maximum Gasteiger partial charge on any atom is 0.236 e. The molecule has 0 unspecified atom stereocenters. The average molecular weight is 336 g/mol. The minimum atomic E-state index is -0.127. The number of ether oxygens (including phenoxy) is 1. The number of nitrogens with zero attached hydrogens (tertiary/aromatic N) is 2. The van der Waals surface area contributed by atoms with Crippen molar-refractivity contribution in [1.82, 2.24) is 9.88 Å². The maximum absolute atomic E-state index is 12.6. The summed E-state index contributed by atoms with van der Waals surface area (Å²) < 4.78 is 7.81. The zero-order chi connectivity index (χ0) is 15.7. The Morgan fingerprint density at radius 3 is 2.73 bits per heavy atom. The minimum Gasteiger partial charge on any atom is -0.372 e. The molecular weight excluding hydrogens is 316 g/mol. The molecule has 1 aromatic heterocycles. The van der Waals surface area contributed by atoms with Gasteiger partial charge in [-0.1, -0.05) is 23.9 Å². The first-order valence-electron chi connectivity index (χ1n) is 7.49. The Kier molecular flexibility index (Phi) is 4.70. The number of rotatable bonds is 3. The average Bonchev–Trinajstić information content (AvgIpc) is 2.87. The molecule has 118 valence electrons. The van der Waals surface area contributed by atoms with E-state index in [-0.39, 0.29) is 23.4 Å². The van der Waals surface area contributed by atoms with Gasteiger partial charge in [-0.3, -0.25) is 4.79 Å². The second-order valence-corrected chi connectivity index (χ2v) is 8.33. The largest absolute Gasteiger partial charge is 0.372 e. The molecule has 1 aromatic carbocycles. The van der Waals surface area contributed by atoms with Gasteiger partial charge in [-0.15, -0.1) is 11.3 Å². The molecule has 0 radical (unpaired) electrons. The van der Waals surface area contributed by atoms with Gasteiger partial charge < -0.3 is 9.64 Å². The monoisotopic (exact) mass is 336 g/mol. The highest BCUT2D eigenvalue weighted by molar-refractivity contribution is 8.02. The third-order valence-corrected chi connectivity index (χ3v) is 5.85. The number of fused-ring (bicyclic) bond motifs is 1. The summed E-state index contributed by atoms with van der Waals surface area (Å²) in [6.45, 7) is 7.34. The molecule has 4 nitrogen and oxygen atoms in total. The molecular formula is C16H20N2O2S2. The van der Waals surface area contributed by atoms with Crippen molar-refractivity contribution >= 4 is 39.2 Å².